The number of carbonyl (C=O) groups excluding carboxylic acids is 1. The number of benzene rings is 2. The Bertz CT molecular complexity index is 1010. The molecule has 2 aromatic carbocycles. The van der Waals surface area contributed by atoms with Crippen molar-refractivity contribution in [3.63, 3.8) is 0 Å². The summed E-state index contributed by atoms with van der Waals surface area (Å²) in [7, 11) is 0. The highest BCUT2D eigenvalue weighted by molar-refractivity contribution is 6.09. The molecule has 0 saturated heterocycles. The van der Waals surface area contributed by atoms with E-state index < -0.39 is 0 Å². The standard InChI is InChI=1S/C27H36N4O2/c1-5-19-12-15-23(22-9-7-6-8-21(19)22)30-26(33)31-25(16-24(28)27(2,3)4)29-20-13-10-18(17-32)11-14-20/h6-11,13-14,19,23,28,32H,5,12,15-17H2,1-4H3,(H2,29,30,31,33). The van der Waals surface area contributed by atoms with Gasteiger partial charge < -0.3 is 15.8 Å². The normalized spacial score (nSPS) is 18.4. The van der Waals surface area contributed by atoms with Gasteiger partial charge in [-0.05, 0) is 59.4 Å². The van der Waals surface area contributed by atoms with E-state index in [0.29, 0.717) is 23.2 Å². The number of hydrogen-bond acceptors (Lipinski definition) is 4. The fourth-order valence-electron chi connectivity index (χ4n) is 4.15. The molecule has 1 aliphatic carbocycles. The van der Waals surface area contributed by atoms with E-state index in [1.807, 2.05) is 26.8 Å². The molecule has 2 aromatic rings. The van der Waals surface area contributed by atoms with Crippen molar-refractivity contribution in [3.8, 4) is 0 Å². The SMILES string of the molecule is CCC1CCC(NC(=O)NC(CC(=N)C(C)(C)C)=Nc2ccc(CO)cc2)c2ccccc21. The van der Waals surface area contributed by atoms with Gasteiger partial charge in [-0.25, -0.2) is 9.79 Å². The Morgan fingerprint density at radius 3 is 2.36 bits per heavy atom. The highest BCUT2D eigenvalue weighted by Gasteiger charge is 2.27. The molecule has 1 aliphatic rings. The molecule has 33 heavy (non-hydrogen) atoms. The number of urea groups is 1. The lowest BCUT2D eigenvalue weighted by molar-refractivity contribution is 0.239. The van der Waals surface area contributed by atoms with Crippen LogP contribution in [-0.2, 0) is 6.61 Å². The first kappa shape index (κ1) is 24.6. The number of amides is 2. The van der Waals surface area contributed by atoms with Gasteiger partial charge in [-0.2, -0.15) is 0 Å². The van der Waals surface area contributed by atoms with Crippen molar-refractivity contribution in [2.45, 2.75) is 71.9 Å². The van der Waals surface area contributed by atoms with E-state index in [4.69, 9.17) is 5.41 Å². The van der Waals surface area contributed by atoms with Crippen molar-refractivity contribution in [1.82, 2.24) is 10.6 Å². The number of nitrogens with zero attached hydrogens (tertiary/aromatic N) is 1. The van der Waals surface area contributed by atoms with Gasteiger partial charge in [0, 0.05) is 12.1 Å². The fourth-order valence-corrected chi connectivity index (χ4v) is 4.15. The van der Waals surface area contributed by atoms with Crippen molar-refractivity contribution in [2.75, 3.05) is 0 Å². The van der Waals surface area contributed by atoms with Gasteiger partial charge in [0.05, 0.1) is 18.3 Å². The van der Waals surface area contributed by atoms with Gasteiger partial charge >= 0.3 is 6.03 Å². The minimum Gasteiger partial charge on any atom is -0.392 e. The molecule has 6 heteroatoms. The molecular formula is C27H36N4O2. The van der Waals surface area contributed by atoms with Gasteiger partial charge in [-0.15, -0.1) is 0 Å². The molecule has 3 rings (SSSR count). The number of fused-ring (bicyclic) bond motifs is 1. The molecule has 6 nitrogen and oxygen atoms in total. The second kappa shape index (κ2) is 10.8. The number of aliphatic imine (C=N–C) groups is 1. The van der Waals surface area contributed by atoms with E-state index in [1.165, 1.54) is 11.1 Å². The van der Waals surface area contributed by atoms with Crippen molar-refractivity contribution < 1.29 is 9.90 Å². The second-order valence-electron chi connectivity index (χ2n) is 9.75. The number of rotatable bonds is 6. The minimum absolute atomic E-state index is 0.0338. The number of carbonyl (C=O) groups is 1. The maximum atomic E-state index is 13.0. The molecular weight excluding hydrogens is 412 g/mol. The Kier molecular flexibility index (Phi) is 8.03. The van der Waals surface area contributed by atoms with Gasteiger partial charge in [0.1, 0.15) is 5.84 Å². The second-order valence-corrected chi connectivity index (χ2v) is 9.75. The van der Waals surface area contributed by atoms with E-state index in [0.717, 1.165) is 24.8 Å². The van der Waals surface area contributed by atoms with Crippen LogP contribution < -0.4 is 10.6 Å². The Balaban J connectivity index is 1.78. The molecule has 0 heterocycles. The summed E-state index contributed by atoms with van der Waals surface area (Å²) in [6.45, 7) is 8.11. The molecule has 176 valence electrons. The lowest BCUT2D eigenvalue weighted by Gasteiger charge is -2.31. The smallest absolute Gasteiger partial charge is 0.320 e. The van der Waals surface area contributed by atoms with Crippen molar-refractivity contribution in [2.24, 2.45) is 10.4 Å². The predicted molar refractivity (Wildman–Crippen MR) is 134 cm³/mol. The fraction of sp³-hybridized carbons (Fsp3) is 0.444. The van der Waals surface area contributed by atoms with E-state index in [-0.39, 0.29) is 30.5 Å². The largest absolute Gasteiger partial charge is 0.392 e. The minimum atomic E-state index is -0.322. The molecule has 2 atom stereocenters. The van der Waals surface area contributed by atoms with Crippen molar-refractivity contribution >= 4 is 23.3 Å². The van der Waals surface area contributed by atoms with Crippen LogP contribution in [0.4, 0.5) is 10.5 Å². The van der Waals surface area contributed by atoms with E-state index in [2.05, 4.69) is 40.7 Å². The van der Waals surface area contributed by atoms with Gasteiger partial charge in [-0.1, -0.05) is 64.1 Å². The lowest BCUT2D eigenvalue weighted by Crippen LogP contribution is -2.43. The summed E-state index contributed by atoms with van der Waals surface area (Å²) in [6, 6.07) is 15.2. The maximum absolute atomic E-state index is 13.0. The van der Waals surface area contributed by atoms with E-state index in [1.54, 1.807) is 24.3 Å². The molecule has 0 spiro atoms. The van der Waals surface area contributed by atoms with Crippen molar-refractivity contribution in [1.29, 1.82) is 5.41 Å². The van der Waals surface area contributed by atoms with Crippen LogP contribution >= 0.6 is 0 Å². The summed E-state index contributed by atoms with van der Waals surface area (Å²) in [6.07, 6.45) is 3.29. The van der Waals surface area contributed by atoms with Gasteiger partial charge in [0.15, 0.2) is 0 Å². The van der Waals surface area contributed by atoms with Crippen LogP contribution in [0, 0.1) is 10.8 Å². The lowest BCUT2D eigenvalue weighted by atomic mass is 9.79. The number of hydrogen-bond donors (Lipinski definition) is 4. The first-order valence-electron chi connectivity index (χ1n) is 11.7. The maximum Gasteiger partial charge on any atom is 0.320 e. The zero-order valence-corrected chi connectivity index (χ0v) is 20.1. The average Bonchev–Trinajstić information content (AvgIpc) is 2.79. The Morgan fingerprint density at radius 1 is 1.09 bits per heavy atom. The summed E-state index contributed by atoms with van der Waals surface area (Å²) >= 11 is 0. The monoisotopic (exact) mass is 448 g/mol. The Hall–Kier alpha value is -2.99. The Labute approximate surface area is 197 Å². The topological polar surface area (TPSA) is 97.6 Å². The molecule has 0 aliphatic heterocycles. The van der Waals surface area contributed by atoms with Gasteiger partial charge in [-0.3, -0.25) is 5.32 Å². The van der Waals surface area contributed by atoms with E-state index in [9.17, 15) is 9.90 Å². The third-order valence-corrected chi connectivity index (χ3v) is 6.30. The first-order chi connectivity index (χ1) is 15.7. The van der Waals surface area contributed by atoms with Crippen LogP contribution in [0.2, 0.25) is 0 Å². The van der Waals surface area contributed by atoms with Crippen LogP contribution in [0.15, 0.2) is 53.5 Å². The molecule has 0 radical (unpaired) electrons. The third kappa shape index (κ3) is 6.51. The number of aliphatic hydroxyl groups is 1. The quantitative estimate of drug-likeness (QED) is 0.322. The number of nitrogens with one attached hydrogen (secondary N) is 3. The van der Waals surface area contributed by atoms with Crippen LogP contribution in [0.5, 0.6) is 0 Å². The summed E-state index contributed by atoms with van der Waals surface area (Å²) in [4.78, 5) is 17.6. The van der Waals surface area contributed by atoms with Gasteiger partial charge in [0.2, 0.25) is 0 Å². The predicted octanol–water partition coefficient (Wildman–Crippen LogP) is 5.99. The highest BCUT2D eigenvalue weighted by Crippen LogP contribution is 2.38. The molecule has 2 unspecified atom stereocenters. The number of aliphatic hydroxyl groups excluding tert-OH is 1. The summed E-state index contributed by atoms with van der Waals surface area (Å²) in [5.41, 5.74) is 4.14. The van der Waals surface area contributed by atoms with Crippen LogP contribution in [0.25, 0.3) is 0 Å². The average molecular weight is 449 g/mol. The zero-order valence-electron chi connectivity index (χ0n) is 20.1. The molecule has 0 fully saturated rings. The molecule has 2 amide bonds. The van der Waals surface area contributed by atoms with E-state index >= 15 is 0 Å². The third-order valence-electron chi connectivity index (χ3n) is 6.30. The van der Waals surface area contributed by atoms with Crippen LogP contribution in [0.3, 0.4) is 0 Å². The molecule has 4 N–H and O–H groups in total. The van der Waals surface area contributed by atoms with Gasteiger partial charge in [0.25, 0.3) is 0 Å². The first-order valence-corrected chi connectivity index (χ1v) is 11.7. The van der Waals surface area contributed by atoms with Crippen LogP contribution in [-0.4, -0.2) is 22.7 Å². The zero-order chi connectivity index (χ0) is 24.0. The summed E-state index contributed by atoms with van der Waals surface area (Å²) in [5, 5.41) is 23.8. The summed E-state index contributed by atoms with van der Waals surface area (Å²) < 4.78 is 0. The molecule has 0 aromatic heterocycles. The summed E-state index contributed by atoms with van der Waals surface area (Å²) in [5.74, 6) is 0.966. The number of amidine groups is 1. The van der Waals surface area contributed by atoms with Crippen LogP contribution in [0.1, 0.15) is 82.0 Å². The Morgan fingerprint density at radius 2 is 1.76 bits per heavy atom. The molecule has 0 saturated carbocycles. The molecule has 0 bridgehead atoms. The highest BCUT2D eigenvalue weighted by atomic mass is 16.3. The van der Waals surface area contributed by atoms with Crippen molar-refractivity contribution in [3.05, 3.63) is 65.2 Å².